The van der Waals surface area contributed by atoms with Crippen molar-refractivity contribution in [2.75, 3.05) is 13.1 Å². The summed E-state index contributed by atoms with van der Waals surface area (Å²) in [4.78, 5) is 28.3. The molecule has 1 aromatic heterocycles. The van der Waals surface area contributed by atoms with Crippen molar-refractivity contribution >= 4 is 11.9 Å². The molecule has 2 heterocycles. The number of aromatic nitrogens is 1. The number of likely N-dealkylation sites (tertiary alicyclic amines) is 1. The lowest BCUT2D eigenvalue weighted by molar-refractivity contribution is -0.142. The van der Waals surface area contributed by atoms with Gasteiger partial charge in [-0.1, -0.05) is 6.92 Å². The summed E-state index contributed by atoms with van der Waals surface area (Å²) in [5.41, 5.74) is -0.0317. The molecule has 1 aromatic rings. The second-order valence-electron chi connectivity index (χ2n) is 4.50. The van der Waals surface area contributed by atoms with E-state index in [1.54, 1.807) is 6.92 Å². The van der Waals surface area contributed by atoms with Crippen LogP contribution in [0.1, 0.15) is 17.4 Å². The lowest BCUT2D eigenvalue weighted by atomic mass is 9.99. The molecule has 6 nitrogen and oxygen atoms in total. The van der Waals surface area contributed by atoms with Crippen LogP contribution in [0, 0.1) is 11.8 Å². The molecular formula is C12H14N2O4. The quantitative estimate of drug-likeness (QED) is 0.801. The molecule has 0 bridgehead atoms. The van der Waals surface area contributed by atoms with Gasteiger partial charge in [-0.15, -0.1) is 0 Å². The maximum atomic E-state index is 12.1. The van der Waals surface area contributed by atoms with E-state index in [4.69, 9.17) is 5.11 Å². The largest absolute Gasteiger partial charge is 0.505 e. The number of rotatable bonds is 2. The minimum Gasteiger partial charge on any atom is -0.505 e. The molecule has 0 saturated carbocycles. The van der Waals surface area contributed by atoms with Crippen molar-refractivity contribution in [2.45, 2.75) is 6.92 Å². The van der Waals surface area contributed by atoms with Gasteiger partial charge < -0.3 is 15.1 Å². The summed E-state index contributed by atoms with van der Waals surface area (Å²) < 4.78 is 0. The summed E-state index contributed by atoms with van der Waals surface area (Å²) >= 11 is 0. The number of carboxylic acid groups (broad SMARTS) is 1. The normalized spacial score (nSPS) is 23.1. The van der Waals surface area contributed by atoms with E-state index in [-0.39, 0.29) is 23.9 Å². The van der Waals surface area contributed by atoms with Crippen molar-refractivity contribution in [1.29, 1.82) is 0 Å². The molecule has 1 amide bonds. The number of hydrogen-bond acceptors (Lipinski definition) is 4. The van der Waals surface area contributed by atoms with Crippen LogP contribution < -0.4 is 0 Å². The number of carbonyl (C=O) groups excluding carboxylic acids is 1. The Morgan fingerprint density at radius 3 is 2.72 bits per heavy atom. The lowest BCUT2D eigenvalue weighted by Crippen LogP contribution is -2.30. The average molecular weight is 250 g/mol. The molecule has 0 radical (unpaired) electrons. The van der Waals surface area contributed by atoms with Crippen LogP contribution in [-0.2, 0) is 4.79 Å². The Balaban J connectivity index is 2.17. The molecule has 0 aromatic carbocycles. The second kappa shape index (κ2) is 4.64. The number of aromatic hydroxyl groups is 1. The Labute approximate surface area is 104 Å². The molecule has 2 N–H and O–H groups in total. The highest BCUT2D eigenvalue weighted by atomic mass is 16.4. The van der Waals surface area contributed by atoms with Crippen LogP contribution >= 0.6 is 0 Å². The summed E-state index contributed by atoms with van der Waals surface area (Å²) in [5, 5.41) is 18.6. The van der Waals surface area contributed by atoms with Crippen molar-refractivity contribution < 1.29 is 19.8 Å². The fourth-order valence-corrected chi connectivity index (χ4v) is 2.17. The molecule has 1 fully saturated rings. The first-order valence-corrected chi connectivity index (χ1v) is 5.66. The number of nitrogens with zero attached hydrogens (tertiary/aromatic N) is 2. The third-order valence-electron chi connectivity index (χ3n) is 3.21. The first-order valence-electron chi connectivity index (χ1n) is 5.66. The fourth-order valence-electron chi connectivity index (χ4n) is 2.17. The fraction of sp³-hybridized carbons (Fsp3) is 0.417. The summed E-state index contributed by atoms with van der Waals surface area (Å²) in [6.07, 6.45) is 1.42. The number of pyridine rings is 1. The predicted molar refractivity (Wildman–Crippen MR) is 62.1 cm³/mol. The lowest BCUT2D eigenvalue weighted by Gasteiger charge is -2.15. The summed E-state index contributed by atoms with van der Waals surface area (Å²) in [5.74, 6) is -2.17. The molecule has 2 atom stereocenters. The maximum Gasteiger partial charge on any atom is 0.308 e. The van der Waals surface area contributed by atoms with Gasteiger partial charge in [0.25, 0.3) is 5.91 Å². The molecule has 1 aliphatic heterocycles. The minimum absolute atomic E-state index is 0.0317. The van der Waals surface area contributed by atoms with Crippen molar-refractivity contribution in [3.8, 4) is 5.75 Å². The van der Waals surface area contributed by atoms with Gasteiger partial charge in [-0.3, -0.25) is 9.59 Å². The standard InChI is InChI=1S/C12H14N2O4/c1-7-5-14(6-8(7)12(17)18)11(16)10-9(15)3-2-4-13-10/h2-4,7-8,15H,5-6H2,1H3,(H,17,18)/t7-,8-/m1/s1. The third-order valence-corrected chi connectivity index (χ3v) is 3.21. The number of carboxylic acids is 1. The molecule has 0 unspecified atom stereocenters. The van der Waals surface area contributed by atoms with Gasteiger partial charge in [-0.2, -0.15) is 0 Å². The van der Waals surface area contributed by atoms with Gasteiger partial charge in [0.05, 0.1) is 5.92 Å². The van der Waals surface area contributed by atoms with Crippen molar-refractivity contribution in [2.24, 2.45) is 11.8 Å². The number of aliphatic carboxylic acids is 1. The first-order chi connectivity index (χ1) is 8.50. The van der Waals surface area contributed by atoms with Gasteiger partial charge in [-0.05, 0) is 18.1 Å². The van der Waals surface area contributed by atoms with Crippen LogP contribution in [0.3, 0.4) is 0 Å². The van der Waals surface area contributed by atoms with E-state index in [1.165, 1.54) is 23.2 Å². The average Bonchev–Trinajstić information content (AvgIpc) is 2.71. The molecule has 0 aliphatic carbocycles. The molecule has 1 saturated heterocycles. The highest BCUT2D eigenvalue weighted by Gasteiger charge is 2.38. The predicted octanol–water partition coefficient (Wildman–Crippen LogP) is 0.580. The van der Waals surface area contributed by atoms with Crippen LogP contribution in [0.2, 0.25) is 0 Å². The number of hydrogen-bond donors (Lipinski definition) is 2. The summed E-state index contributed by atoms with van der Waals surface area (Å²) in [6, 6.07) is 2.91. The van der Waals surface area contributed by atoms with E-state index < -0.39 is 17.8 Å². The van der Waals surface area contributed by atoms with Crippen LogP contribution in [0.15, 0.2) is 18.3 Å². The highest BCUT2D eigenvalue weighted by Crippen LogP contribution is 2.26. The van der Waals surface area contributed by atoms with E-state index in [1.807, 2.05) is 0 Å². The molecule has 0 spiro atoms. The van der Waals surface area contributed by atoms with Crippen molar-refractivity contribution in [3.63, 3.8) is 0 Å². The van der Waals surface area contributed by atoms with Crippen molar-refractivity contribution in [3.05, 3.63) is 24.0 Å². The van der Waals surface area contributed by atoms with Gasteiger partial charge in [0.2, 0.25) is 0 Å². The van der Waals surface area contributed by atoms with Crippen LogP contribution in [0.5, 0.6) is 5.75 Å². The van der Waals surface area contributed by atoms with E-state index in [0.717, 1.165) is 0 Å². The van der Waals surface area contributed by atoms with Gasteiger partial charge in [-0.25, -0.2) is 4.98 Å². The van der Waals surface area contributed by atoms with Gasteiger partial charge >= 0.3 is 5.97 Å². The van der Waals surface area contributed by atoms with Crippen LogP contribution in [-0.4, -0.2) is 45.1 Å². The second-order valence-corrected chi connectivity index (χ2v) is 4.50. The monoisotopic (exact) mass is 250 g/mol. The molecule has 6 heteroatoms. The third kappa shape index (κ3) is 2.13. The zero-order valence-corrected chi connectivity index (χ0v) is 9.91. The molecular weight excluding hydrogens is 236 g/mol. The Morgan fingerprint density at radius 1 is 1.44 bits per heavy atom. The smallest absolute Gasteiger partial charge is 0.308 e. The van der Waals surface area contributed by atoms with Crippen molar-refractivity contribution in [1.82, 2.24) is 9.88 Å². The van der Waals surface area contributed by atoms with Crippen LogP contribution in [0.4, 0.5) is 0 Å². The van der Waals surface area contributed by atoms with Crippen LogP contribution in [0.25, 0.3) is 0 Å². The summed E-state index contributed by atoms with van der Waals surface area (Å²) in [7, 11) is 0. The van der Waals surface area contributed by atoms with Gasteiger partial charge in [0, 0.05) is 19.3 Å². The first kappa shape index (κ1) is 12.3. The number of carbonyl (C=O) groups is 2. The molecule has 96 valence electrons. The summed E-state index contributed by atoms with van der Waals surface area (Å²) in [6.45, 7) is 2.32. The molecule has 1 aliphatic rings. The Kier molecular flexibility index (Phi) is 3.18. The zero-order chi connectivity index (χ0) is 13.3. The van der Waals surface area contributed by atoms with E-state index in [0.29, 0.717) is 6.54 Å². The van der Waals surface area contributed by atoms with E-state index >= 15 is 0 Å². The SMILES string of the molecule is C[C@@H]1CN(C(=O)c2ncccc2O)C[C@H]1C(=O)O. The van der Waals surface area contributed by atoms with E-state index in [2.05, 4.69) is 4.98 Å². The van der Waals surface area contributed by atoms with E-state index in [9.17, 15) is 14.7 Å². The molecule has 18 heavy (non-hydrogen) atoms. The molecule has 2 rings (SSSR count). The number of amides is 1. The minimum atomic E-state index is -0.900. The van der Waals surface area contributed by atoms with Gasteiger partial charge in [0.15, 0.2) is 5.69 Å². The maximum absolute atomic E-state index is 12.1. The topological polar surface area (TPSA) is 90.7 Å². The highest BCUT2D eigenvalue weighted by molar-refractivity contribution is 5.95. The zero-order valence-electron chi connectivity index (χ0n) is 9.91. The Morgan fingerprint density at radius 2 is 2.17 bits per heavy atom. The Hall–Kier alpha value is -2.11. The Bertz CT molecular complexity index is 489. The van der Waals surface area contributed by atoms with Gasteiger partial charge in [0.1, 0.15) is 5.75 Å².